The normalized spacial score (nSPS) is 13.0. The standard InChI is InChI=1S/C15H21F3N2O2/c1-3-4-5-7-11(2)19-13(21)10-20-9-6-8-12(14(20)22)15(16,17)18/h6,8-9,11H,3-5,7,10H2,1-2H3,(H,19,21)/t11-/m0/s1. The Morgan fingerprint density at radius 2 is 2.05 bits per heavy atom. The molecule has 1 atom stereocenters. The van der Waals surface area contributed by atoms with Crippen LogP contribution in [0.1, 0.15) is 45.1 Å². The quantitative estimate of drug-likeness (QED) is 0.786. The lowest BCUT2D eigenvalue weighted by Gasteiger charge is -2.15. The van der Waals surface area contributed by atoms with Crippen molar-refractivity contribution < 1.29 is 18.0 Å². The Labute approximate surface area is 127 Å². The zero-order chi connectivity index (χ0) is 16.8. The average molecular weight is 318 g/mol. The smallest absolute Gasteiger partial charge is 0.352 e. The Kier molecular flexibility index (Phi) is 6.64. The van der Waals surface area contributed by atoms with Gasteiger partial charge in [0.25, 0.3) is 5.56 Å². The van der Waals surface area contributed by atoms with Gasteiger partial charge in [-0.05, 0) is 25.5 Å². The molecular formula is C15H21F3N2O2. The summed E-state index contributed by atoms with van der Waals surface area (Å²) in [5.41, 5.74) is -2.47. The summed E-state index contributed by atoms with van der Waals surface area (Å²) in [6.45, 7) is 3.49. The molecule has 1 rings (SSSR count). The fourth-order valence-corrected chi connectivity index (χ4v) is 2.12. The first kappa shape index (κ1) is 18.3. The lowest BCUT2D eigenvalue weighted by Crippen LogP contribution is -2.38. The molecule has 124 valence electrons. The van der Waals surface area contributed by atoms with Gasteiger partial charge in [0.15, 0.2) is 0 Å². The van der Waals surface area contributed by atoms with Crippen LogP contribution in [0.25, 0.3) is 0 Å². The number of nitrogens with zero attached hydrogens (tertiary/aromatic N) is 1. The molecule has 0 unspecified atom stereocenters. The molecule has 4 nitrogen and oxygen atoms in total. The maximum absolute atomic E-state index is 12.6. The first-order valence-corrected chi connectivity index (χ1v) is 7.31. The Hall–Kier alpha value is -1.79. The van der Waals surface area contributed by atoms with Crippen LogP contribution in [0.5, 0.6) is 0 Å². The monoisotopic (exact) mass is 318 g/mol. The summed E-state index contributed by atoms with van der Waals surface area (Å²) in [5, 5.41) is 2.69. The second-order valence-electron chi connectivity index (χ2n) is 5.32. The largest absolute Gasteiger partial charge is 0.421 e. The molecule has 0 aliphatic rings. The summed E-state index contributed by atoms with van der Waals surface area (Å²) >= 11 is 0. The number of rotatable bonds is 7. The minimum atomic E-state index is -4.72. The van der Waals surface area contributed by atoms with Gasteiger partial charge in [-0.15, -0.1) is 0 Å². The van der Waals surface area contributed by atoms with Crippen LogP contribution in [0, 0.1) is 0 Å². The third-order valence-electron chi connectivity index (χ3n) is 3.29. The number of alkyl halides is 3. The van der Waals surface area contributed by atoms with E-state index in [0.29, 0.717) is 6.07 Å². The fraction of sp³-hybridized carbons (Fsp3) is 0.600. The van der Waals surface area contributed by atoms with Crippen molar-refractivity contribution in [3.05, 3.63) is 34.2 Å². The molecule has 0 saturated carbocycles. The van der Waals surface area contributed by atoms with E-state index in [1.54, 1.807) is 0 Å². The topological polar surface area (TPSA) is 51.1 Å². The van der Waals surface area contributed by atoms with Gasteiger partial charge in [-0.2, -0.15) is 13.2 Å². The molecule has 1 heterocycles. The molecule has 0 spiro atoms. The molecule has 0 saturated heterocycles. The van der Waals surface area contributed by atoms with Crippen molar-refractivity contribution in [1.29, 1.82) is 0 Å². The van der Waals surface area contributed by atoms with Crippen LogP contribution in [0.3, 0.4) is 0 Å². The molecule has 22 heavy (non-hydrogen) atoms. The van der Waals surface area contributed by atoms with E-state index in [0.717, 1.165) is 36.3 Å². The van der Waals surface area contributed by atoms with E-state index in [1.807, 2.05) is 6.92 Å². The van der Waals surface area contributed by atoms with E-state index in [4.69, 9.17) is 0 Å². The van der Waals surface area contributed by atoms with Crippen molar-refractivity contribution in [1.82, 2.24) is 9.88 Å². The second kappa shape index (κ2) is 8.00. The van der Waals surface area contributed by atoms with E-state index in [1.165, 1.54) is 6.20 Å². The number of halogens is 3. The summed E-state index contributed by atoms with van der Waals surface area (Å²) in [5.74, 6) is -0.467. The van der Waals surface area contributed by atoms with Crippen molar-refractivity contribution in [2.45, 2.75) is 58.3 Å². The number of pyridine rings is 1. The maximum atomic E-state index is 12.6. The molecule has 0 bridgehead atoms. The Balaban J connectivity index is 2.67. The first-order chi connectivity index (χ1) is 10.3. The van der Waals surface area contributed by atoms with Gasteiger partial charge in [0.2, 0.25) is 5.91 Å². The third-order valence-corrected chi connectivity index (χ3v) is 3.29. The SMILES string of the molecule is CCCCC[C@H](C)NC(=O)Cn1cccc(C(F)(F)F)c1=O. The molecule has 0 fully saturated rings. The van der Waals surface area contributed by atoms with Crippen LogP contribution in [0.15, 0.2) is 23.1 Å². The number of aromatic nitrogens is 1. The number of carbonyl (C=O) groups is 1. The van der Waals surface area contributed by atoms with Gasteiger partial charge in [0.1, 0.15) is 12.1 Å². The predicted octanol–water partition coefficient (Wildman–Crippen LogP) is 2.95. The van der Waals surface area contributed by atoms with Crippen molar-refractivity contribution in [2.24, 2.45) is 0 Å². The van der Waals surface area contributed by atoms with Gasteiger partial charge < -0.3 is 9.88 Å². The molecule has 1 aromatic rings. The molecule has 0 aliphatic heterocycles. The fourth-order valence-electron chi connectivity index (χ4n) is 2.12. The van der Waals surface area contributed by atoms with Crippen molar-refractivity contribution in [3.63, 3.8) is 0 Å². The van der Waals surface area contributed by atoms with Gasteiger partial charge >= 0.3 is 6.18 Å². The highest BCUT2D eigenvalue weighted by Gasteiger charge is 2.34. The zero-order valence-electron chi connectivity index (χ0n) is 12.7. The third kappa shape index (κ3) is 5.54. The first-order valence-electron chi connectivity index (χ1n) is 7.31. The number of hydrogen-bond donors (Lipinski definition) is 1. The van der Waals surface area contributed by atoms with Gasteiger partial charge in [-0.3, -0.25) is 9.59 Å². The lowest BCUT2D eigenvalue weighted by molar-refractivity contribution is -0.139. The summed E-state index contributed by atoms with van der Waals surface area (Å²) < 4.78 is 38.7. The lowest BCUT2D eigenvalue weighted by atomic mass is 10.1. The van der Waals surface area contributed by atoms with Crippen molar-refractivity contribution >= 4 is 5.91 Å². The number of unbranched alkanes of at least 4 members (excludes halogenated alkanes) is 2. The van der Waals surface area contributed by atoms with Crippen LogP contribution >= 0.6 is 0 Å². The van der Waals surface area contributed by atoms with Gasteiger partial charge in [0.05, 0.1) is 0 Å². The number of carbonyl (C=O) groups excluding carboxylic acids is 1. The number of nitrogens with one attached hydrogen (secondary N) is 1. The summed E-state index contributed by atoms with van der Waals surface area (Å²) in [4.78, 5) is 23.5. The van der Waals surface area contributed by atoms with E-state index in [9.17, 15) is 22.8 Å². The van der Waals surface area contributed by atoms with Crippen LogP contribution in [-0.2, 0) is 17.5 Å². The Morgan fingerprint density at radius 1 is 1.36 bits per heavy atom. The minimum Gasteiger partial charge on any atom is -0.352 e. The molecule has 7 heteroatoms. The van der Waals surface area contributed by atoms with Gasteiger partial charge in [0, 0.05) is 12.2 Å². The Morgan fingerprint density at radius 3 is 2.64 bits per heavy atom. The number of hydrogen-bond acceptors (Lipinski definition) is 2. The van der Waals surface area contributed by atoms with Crippen molar-refractivity contribution in [2.75, 3.05) is 0 Å². The van der Waals surface area contributed by atoms with Crippen LogP contribution in [-0.4, -0.2) is 16.5 Å². The van der Waals surface area contributed by atoms with Crippen LogP contribution in [0.4, 0.5) is 13.2 Å². The molecule has 0 radical (unpaired) electrons. The second-order valence-corrected chi connectivity index (χ2v) is 5.32. The summed E-state index contributed by atoms with van der Waals surface area (Å²) in [6.07, 6.45) is 0.370. The van der Waals surface area contributed by atoms with Gasteiger partial charge in [-0.1, -0.05) is 26.2 Å². The summed E-state index contributed by atoms with van der Waals surface area (Å²) in [7, 11) is 0. The average Bonchev–Trinajstić information content (AvgIpc) is 2.40. The highest BCUT2D eigenvalue weighted by Crippen LogP contribution is 2.25. The summed E-state index contributed by atoms with van der Waals surface area (Å²) in [6, 6.07) is 1.76. The molecule has 1 aromatic heterocycles. The molecule has 0 aromatic carbocycles. The van der Waals surface area contributed by atoms with E-state index in [-0.39, 0.29) is 6.04 Å². The van der Waals surface area contributed by atoms with E-state index in [2.05, 4.69) is 12.2 Å². The molecule has 1 amide bonds. The predicted molar refractivity (Wildman–Crippen MR) is 77.5 cm³/mol. The Bertz CT molecular complexity index is 552. The molecular weight excluding hydrogens is 297 g/mol. The van der Waals surface area contributed by atoms with E-state index >= 15 is 0 Å². The van der Waals surface area contributed by atoms with Crippen molar-refractivity contribution in [3.8, 4) is 0 Å². The maximum Gasteiger partial charge on any atom is 0.421 e. The van der Waals surface area contributed by atoms with Crippen LogP contribution < -0.4 is 10.9 Å². The zero-order valence-corrected chi connectivity index (χ0v) is 12.7. The highest BCUT2D eigenvalue weighted by molar-refractivity contribution is 5.76. The minimum absolute atomic E-state index is 0.0689. The van der Waals surface area contributed by atoms with E-state index < -0.39 is 29.8 Å². The van der Waals surface area contributed by atoms with Crippen LogP contribution in [0.2, 0.25) is 0 Å². The molecule has 1 N–H and O–H groups in total. The molecule has 0 aliphatic carbocycles. The highest BCUT2D eigenvalue weighted by atomic mass is 19.4. The number of amides is 1. The van der Waals surface area contributed by atoms with Gasteiger partial charge in [-0.25, -0.2) is 0 Å².